The summed E-state index contributed by atoms with van der Waals surface area (Å²) in [4.78, 5) is 15.9. The molecular formula is C13H25N3O. The normalized spacial score (nSPS) is 27.3. The van der Waals surface area contributed by atoms with Crippen molar-refractivity contribution in [3.8, 4) is 0 Å². The van der Waals surface area contributed by atoms with Crippen LogP contribution in [0.5, 0.6) is 0 Å². The fourth-order valence-electron chi connectivity index (χ4n) is 3.13. The average Bonchev–Trinajstić information content (AvgIpc) is 2.78. The van der Waals surface area contributed by atoms with Crippen molar-refractivity contribution < 1.29 is 4.79 Å². The number of nitrogens with one attached hydrogen (secondary N) is 1. The number of rotatable bonds is 3. The molecule has 0 spiro atoms. The molecule has 0 saturated carbocycles. The highest BCUT2D eigenvalue weighted by molar-refractivity contribution is 5.77. The summed E-state index contributed by atoms with van der Waals surface area (Å²) in [6.45, 7) is 4.02. The molecule has 2 rings (SSSR count). The van der Waals surface area contributed by atoms with E-state index in [0.29, 0.717) is 12.6 Å². The molecule has 0 bridgehead atoms. The molecule has 4 nitrogen and oxygen atoms in total. The second-order valence-corrected chi connectivity index (χ2v) is 5.56. The van der Waals surface area contributed by atoms with Crippen LogP contribution in [0.25, 0.3) is 0 Å². The first-order chi connectivity index (χ1) is 8.18. The zero-order valence-electron chi connectivity index (χ0n) is 11.1. The van der Waals surface area contributed by atoms with E-state index in [0.717, 1.165) is 25.6 Å². The molecule has 2 aliphatic rings. The summed E-state index contributed by atoms with van der Waals surface area (Å²) in [5, 5.41) is 3.42. The number of nitrogens with zero attached hydrogens (tertiary/aromatic N) is 2. The molecule has 0 aromatic carbocycles. The molecule has 1 amide bonds. The minimum Gasteiger partial charge on any atom is -0.348 e. The second-order valence-electron chi connectivity index (χ2n) is 5.56. The third kappa shape index (κ3) is 3.19. The molecule has 1 atom stereocenters. The summed E-state index contributed by atoms with van der Waals surface area (Å²) in [6.07, 6.45) is 5.09. The van der Waals surface area contributed by atoms with Crippen LogP contribution in [-0.2, 0) is 4.79 Å². The Kier molecular flexibility index (Phi) is 4.40. The van der Waals surface area contributed by atoms with E-state index in [4.69, 9.17) is 0 Å². The van der Waals surface area contributed by atoms with Gasteiger partial charge in [0.1, 0.15) is 0 Å². The van der Waals surface area contributed by atoms with Crippen molar-refractivity contribution in [2.24, 2.45) is 5.92 Å². The van der Waals surface area contributed by atoms with E-state index in [1.165, 1.54) is 25.7 Å². The molecule has 2 aliphatic heterocycles. The van der Waals surface area contributed by atoms with Crippen molar-refractivity contribution in [1.82, 2.24) is 15.1 Å². The van der Waals surface area contributed by atoms with Gasteiger partial charge in [0.2, 0.25) is 5.91 Å². The Morgan fingerprint density at radius 3 is 2.65 bits per heavy atom. The van der Waals surface area contributed by atoms with Crippen molar-refractivity contribution in [3.63, 3.8) is 0 Å². The number of hydrogen-bond acceptors (Lipinski definition) is 3. The largest absolute Gasteiger partial charge is 0.348 e. The SMILES string of the molecule is CN(C)C(=O)CN1CCCC1C1CCNCC1. The van der Waals surface area contributed by atoms with Crippen LogP contribution in [0, 0.1) is 5.92 Å². The van der Waals surface area contributed by atoms with E-state index in [9.17, 15) is 4.79 Å². The number of piperidine rings is 1. The third-order valence-corrected chi connectivity index (χ3v) is 4.18. The van der Waals surface area contributed by atoms with Crippen LogP contribution < -0.4 is 5.32 Å². The molecule has 1 N–H and O–H groups in total. The van der Waals surface area contributed by atoms with E-state index >= 15 is 0 Å². The molecule has 2 fully saturated rings. The third-order valence-electron chi connectivity index (χ3n) is 4.18. The molecule has 98 valence electrons. The maximum Gasteiger partial charge on any atom is 0.236 e. The van der Waals surface area contributed by atoms with Crippen molar-refractivity contribution in [3.05, 3.63) is 0 Å². The van der Waals surface area contributed by atoms with Gasteiger partial charge in [-0.05, 0) is 51.2 Å². The molecule has 2 saturated heterocycles. The van der Waals surface area contributed by atoms with E-state index < -0.39 is 0 Å². The zero-order chi connectivity index (χ0) is 12.3. The number of carbonyl (C=O) groups is 1. The fourth-order valence-corrected chi connectivity index (χ4v) is 3.13. The fraction of sp³-hybridized carbons (Fsp3) is 0.923. The molecule has 17 heavy (non-hydrogen) atoms. The van der Waals surface area contributed by atoms with Crippen molar-refractivity contribution in [2.75, 3.05) is 40.3 Å². The number of likely N-dealkylation sites (N-methyl/N-ethyl adjacent to an activating group) is 1. The molecule has 2 heterocycles. The van der Waals surface area contributed by atoms with Crippen LogP contribution in [0.15, 0.2) is 0 Å². The predicted molar refractivity (Wildman–Crippen MR) is 68.9 cm³/mol. The smallest absolute Gasteiger partial charge is 0.236 e. The van der Waals surface area contributed by atoms with Crippen molar-refractivity contribution in [1.29, 1.82) is 0 Å². The van der Waals surface area contributed by atoms with Gasteiger partial charge >= 0.3 is 0 Å². The Morgan fingerprint density at radius 2 is 2.00 bits per heavy atom. The summed E-state index contributed by atoms with van der Waals surface area (Å²) >= 11 is 0. The number of amides is 1. The van der Waals surface area contributed by atoms with Crippen molar-refractivity contribution >= 4 is 5.91 Å². The van der Waals surface area contributed by atoms with E-state index in [1.54, 1.807) is 4.90 Å². The van der Waals surface area contributed by atoms with E-state index in [-0.39, 0.29) is 5.91 Å². The van der Waals surface area contributed by atoms with Crippen LogP contribution in [0.4, 0.5) is 0 Å². The van der Waals surface area contributed by atoms with Gasteiger partial charge in [0.25, 0.3) is 0 Å². The van der Waals surface area contributed by atoms with Gasteiger partial charge in [0.15, 0.2) is 0 Å². The molecule has 0 radical (unpaired) electrons. The van der Waals surface area contributed by atoms with Crippen LogP contribution >= 0.6 is 0 Å². The predicted octanol–water partition coefficient (Wildman–Crippen LogP) is 0.539. The number of likely N-dealkylation sites (tertiary alicyclic amines) is 1. The van der Waals surface area contributed by atoms with Gasteiger partial charge in [-0.3, -0.25) is 9.69 Å². The van der Waals surface area contributed by atoms with Gasteiger partial charge in [-0.2, -0.15) is 0 Å². The second kappa shape index (κ2) is 5.83. The Balaban J connectivity index is 1.89. The monoisotopic (exact) mass is 239 g/mol. The highest BCUT2D eigenvalue weighted by Gasteiger charge is 2.33. The Hall–Kier alpha value is -0.610. The molecular weight excluding hydrogens is 214 g/mol. The topological polar surface area (TPSA) is 35.6 Å². The minimum absolute atomic E-state index is 0.242. The zero-order valence-corrected chi connectivity index (χ0v) is 11.1. The standard InChI is InChI=1S/C13H25N3O/c1-15(2)13(17)10-16-9-3-4-12(16)11-5-7-14-8-6-11/h11-12,14H,3-10H2,1-2H3. The van der Waals surface area contributed by atoms with Gasteiger partial charge in [-0.1, -0.05) is 0 Å². The summed E-state index contributed by atoms with van der Waals surface area (Å²) in [7, 11) is 3.69. The number of hydrogen-bond donors (Lipinski definition) is 1. The van der Waals surface area contributed by atoms with Gasteiger partial charge in [0.05, 0.1) is 6.54 Å². The lowest BCUT2D eigenvalue weighted by Crippen LogP contribution is -2.45. The highest BCUT2D eigenvalue weighted by atomic mass is 16.2. The maximum absolute atomic E-state index is 11.8. The van der Waals surface area contributed by atoms with Gasteiger partial charge in [-0.25, -0.2) is 0 Å². The van der Waals surface area contributed by atoms with E-state index in [2.05, 4.69) is 10.2 Å². The lowest BCUT2D eigenvalue weighted by molar-refractivity contribution is -0.130. The first kappa shape index (κ1) is 12.8. The summed E-state index contributed by atoms with van der Waals surface area (Å²) in [5.41, 5.74) is 0. The number of carbonyl (C=O) groups excluding carboxylic acids is 1. The average molecular weight is 239 g/mol. The minimum atomic E-state index is 0.242. The summed E-state index contributed by atoms with van der Waals surface area (Å²) in [5.74, 6) is 1.04. The summed E-state index contributed by atoms with van der Waals surface area (Å²) < 4.78 is 0. The lowest BCUT2D eigenvalue weighted by atomic mass is 9.89. The van der Waals surface area contributed by atoms with Gasteiger partial charge < -0.3 is 10.2 Å². The van der Waals surface area contributed by atoms with Crippen LogP contribution in [0.2, 0.25) is 0 Å². The highest BCUT2D eigenvalue weighted by Crippen LogP contribution is 2.29. The van der Waals surface area contributed by atoms with Gasteiger partial charge in [0, 0.05) is 20.1 Å². The maximum atomic E-state index is 11.8. The van der Waals surface area contributed by atoms with Gasteiger partial charge in [-0.15, -0.1) is 0 Å². The van der Waals surface area contributed by atoms with Crippen LogP contribution in [0.1, 0.15) is 25.7 Å². The summed E-state index contributed by atoms with van der Waals surface area (Å²) in [6, 6.07) is 0.654. The van der Waals surface area contributed by atoms with Crippen LogP contribution in [0.3, 0.4) is 0 Å². The molecule has 4 heteroatoms. The molecule has 0 aromatic heterocycles. The van der Waals surface area contributed by atoms with Crippen LogP contribution in [-0.4, -0.2) is 62.0 Å². The molecule has 0 aromatic rings. The lowest BCUT2D eigenvalue weighted by Gasteiger charge is -2.34. The van der Waals surface area contributed by atoms with Crippen molar-refractivity contribution in [2.45, 2.75) is 31.7 Å². The Bertz CT molecular complexity index is 261. The molecule has 1 unspecified atom stereocenters. The first-order valence-electron chi connectivity index (χ1n) is 6.83. The Labute approximate surface area is 104 Å². The quantitative estimate of drug-likeness (QED) is 0.781. The first-order valence-corrected chi connectivity index (χ1v) is 6.83. The van der Waals surface area contributed by atoms with E-state index in [1.807, 2.05) is 14.1 Å². The Morgan fingerprint density at radius 1 is 1.29 bits per heavy atom. The molecule has 0 aliphatic carbocycles.